The molecule has 174 valence electrons. The molecule has 0 saturated carbocycles. The third kappa shape index (κ3) is 3.74. The summed E-state index contributed by atoms with van der Waals surface area (Å²) in [7, 11) is -3.77. The van der Waals surface area contributed by atoms with Gasteiger partial charge in [-0.3, -0.25) is 4.72 Å². The van der Waals surface area contributed by atoms with Crippen molar-refractivity contribution < 1.29 is 17.9 Å². The summed E-state index contributed by atoms with van der Waals surface area (Å²) < 4.78 is 40.9. The molecule has 2 heterocycles. The lowest BCUT2D eigenvalue weighted by atomic mass is 9.77. The van der Waals surface area contributed by atoms with Gasteiger partial charge >= 0.3 is 0 Å². The van der Waals surface area contributed by atoms with Gasteiger partial charge in [0, 0.05) is 21.1 Å². The standard InChI is InChI=1S/C25H20BrClN2O4S/c26-21-12-24-23(32-13-33-24)11-20(21)25-18-6-2-5-17(18)19-10-16(7-8-22(19)28-25)34(30,31)29-15-4-1-3-14(27)9-15/h1-5,7-12,17-18,25,28-29H,6,13H2/t17-,18+,25-/m0/s1. The van der Waals surface area contributed by atoms with Crippen LogP contribution >= 0.6 is 27.5 Å². The number of halogens is 2. The minimum atomic E-state index is -3.77. The summed E-state index contributed by atoms with van der Waals surface area (Å²) in [4.78, 5) is 0.217. The fourth-order valence-corrected chi connectivity index (χ4v) is 6.83. The van der Waals surface area contributed by atoms with Crippen LogP contribution in [0.5, 0.6) is 11.5 Å². The van der Waals surface area contributed by atoms with E-state index >= 15 is 0 Å². The third-order valence-electron chi connectivity index (χ3n) is 6.55. The van der Waals surface area contributed by atoms with Crippen molar-refractivity contribution in [3.63, 3.8) is 0 Å². The van der Waals surface area contributed by atoms with Crippen molar-refractivity contribution in [3.05, 3.63) is 87.4 Å². The van der Waals surface area contributed by atoms with E-state index in [1.807, 2.05) is 18.2 Å². The van der Waals surface area contributed by atoms with E-state index in [-0.39, 0.29) is 29.6 Å². The normalized spacial score (nSPS) is 22.1. The highest BCUT2D eigenvalue weighted by molar-refractivity contribution is 9.10. The zero-order valence-electron chi connectivity index (χ0n) is 17.8. The van der Waals surface area contributed by atoms with Gasteiger partial charge in [-0.25, -0.2) is 8.42 Å². The Balaban J connectivity index is 1.35. The number of fused-ring (bicyclic) bond motifs is 4. The highest BCUT2D eigenvalue weighted by Crippen LogP contribution is 2.52. The van der Waals surface area contributed by atoms with Crippen molar-refractivity contribution in [3.8, 4) is 11.5 Å². The van der Waals surface area contributed by atoms with Gasteiger partial charge in [-0.05, 0) is 72.0 Å². The lowest BCUT2D eigenvalue weighted by Crippen LogP contribution is -2.29. The number of nitrogens with one attached hydrogen (secondary N) is 2. The summed E-state index contributed by atoms with van der Waals surface area (Å²) in [6.07, 6.45) is 5.24. The molecule has 0 radical (unpaired) electrons. The molecule has 0 aromatic heterocycles. The van der Waals surface area contributed by atoms with Crippen LogP contribution in [0, 0.1) is 5.92 Å². The van der Waals surface area contributed by atoms with Crippen LogP contribution in [0.1, 0.15) is 29.5 Å². The van der Waals surface area contributed by atoms with Crippen LogP contribution in [0.4, 0.5) is 11.4 Å². The first-order chi connectivity index (χ1) is 16.4. The second-order valence-corrected chi connectivity index (χ2v) is 11.5. The molecule has 2 aliphatic heterocycles. The number of allylic oxidation sites excluding steroid dienone is 2. The zero-order chi connectivity index (χ0) is 23.4. The molecule has 6 nitrogen and oxygen atoms in total. The van der Waals surface area contributed by atoms with Crippen molar-refractivity contribution >= 4 is 48.9 Å². The number of ether oxygens (including phenoxy) is 2. The van der Waals surface area contributed by atoms with Crippen LogP contribution in [0.25, 0.3) is 0 Å². The lowest BCUT2D eigenvalue weighted by molar-refractivity contribution is 0.174. The maximum atomic E-state index is 13.1. The van der Waals surface area contributed by atoms with Crippen molar-refractivity contribution in [2.24, 2.45) is 5.92 Å². The van der Waals surface area contributed by atoms with Gasteiger partial charge in [0.05, 0.1) is 16.6 Å². The molecular formula is C25H20BrClN2O4S. The largest absolute Gasteiger partial charge is 0.454 e. The SMILES string of the molecule is O=S(=O)(Nc1cccc(Cl)c1)c1ccc2c(c1)[C@H]1C=CC[C@H]1[C@@H](c1cc3c(cc1Br)OCO3)N2. The Morgan fingerprint density at radius 2 is 1.85 bits per heavy atom. The maximum Gasteiger partial charge on any atom is 0.261 e. The van der Waals surface area contributed by atoms with Gasteiger partial charge in [0.2, 0.25) is 6.79 Å². The first-order valence-electron chi connectivity index (χ1n) is 10.8. The van der Waals surface area contributed by atoms with Crippen molar-refractivity contribution in [2.75, 3.05) is 16.8 Å². The van der Waals surface area contributed by atoms with Crippen LogP contribution < -0.4 is 19.5 Å². The predicted octanol–water partition coefficient (Wildman–Crippen LogP) is 6.46. The van der Waals surface area contributed by atoms with E-state index in [9.17, 15) is 8.42 Å². The Morgan fingerprint density at radius 3 is 2.68 bits per heavy atom. The summed E-state index contributed by atoms with van der Waals surface area (Å²) in [6.45, 7) is 0.222. The molecule has 0 saturated heterocycles. The Morgan fingerprint density at radius 1 is 1.03 bits per heavy atom. The number of benzene rings is 3. The van der Waals surface area contributed by atoms with Gasteiger partial charge in [-0.15, -0.1) is 0 Å². The Bertz CT molecular complexity index is 1440. The van der Waals surface area contributed by atoms with Gasteiger partial charge in [0.25, 0.3) is 10.0 Å². The van der Waals surface area contributed by atoms with E-state index in [4.69, 9.17) is 21.1 Å². The van der Waals surface area contributed by atoms with Gasteiger partial charge in [-0.1, -0.05) is 45.7 Å². The first-order valence-corrected chi connectivity index (χ1v) is 13.5. The first kappa shape index (κ1) is 21.8. The molecule has 2 N–H and O–H groups in total. The summed E-state index contributed by atoms with van der Waals surface area (Å²) in [6, 6.07) is 15.9. The van der Waals surface area contributed by atoms with E-state index in [0.717, 1.165) is 39.2 Å². The molecule has 1 aliphatic carbocycles. The summed E-state index contributed by atoms with van der Waals surface area (Å²) in [5.74, 6) is 1.81. The molecule has 3 aliphatic rings. The predicted molar refractivity (Wildman–Crippen MR) is 135 cm³/mol. The quantitative estimate of drug-likeness (QED) is 0.359. The molecule has 0 fully saturated rings. The number of hydrogen-bond donors (Lipinski definition) is 2. The number of anilines is 2. The van der Waals surface area contributed by atoms with Crippen LogP contribution in [0.2, 0.25) is 5.02 Å². The topological polar surface area (TPSA) is 76.7 Å². The molecule has 3 aromatic rings. The van der Waals surface area contributed by atoms with E-state index in [2.05, 4.69) is 38.1 Å². The second kappa shape index (κ2) is 8.22. The highest BCUT2D eigenvalue weighted by atomic mass is 79.9. The molecule has 0 spiro atoms. The Labute approximate surface area is 211 Å². The minimum absolute atomic E-state index is 0.0309. The van der Waals surface area contributed by atoms with Gasteiger partial charge in [0.15, 0.2) is 11.5 Å². The van der Waals surface area contributed by atoms with E-state index < -0.39 is 10.0 Å². The van der Waals surface area contributed by atoms with Gasteiger partial charge in [-0.2, -0.15) is 0 Å². The zero-order valence-corrected chi connectivity index (χ0v) is 21.0. The Kier molecular flexibility index (Phi) is 5.28. The molecule has 0 amide bonds. The monoisotopic (exact) mass is 558 g/mol. The van der Waals surface area contributed by atoms with Gasteiger partial charge in [0.1, 0.15) is 0 Å². The van der Waals surface area contributed by atoms with Crippen LogP contribution in [-0.4, -0.2) is 15.2 Å². The molecule has 6 rings (SSSR count). The molecule has 3 atom stereocenters. The molecule has 3 aromatic carbocycles. The average molecular weight is 560 g/mol. The number of hydrogen-bond acceptors (Lipinski definition) is 5. The maximum absolute atomic E-state index is 13.1. The third-order valence-corrected chi connectivity index (χ3v) is 8.85. The summed E-state index contributed by atoms with van der Waals surface area (Å²) in [5, 5.41) is 4.12. The molecule has 34 heavy (non-hydrogen) atoms. The minimum Gasteiger partial charge on any atom is -0.454 e. The van der Waals surface area contributed by atoms with Crippen LogP contribution in [0.15, 0.2) is 76.1 Å². The Hall–Kier alpha value is -2.68. The second-order valence-electron chi connectivity index (χ2n) is 8.57. The van der Waals surface area contributed by atoms with Crippen molar-refractivity contribution in [2.45, 2.75) is 23.3 Å². The number of rotatable bonds is 4. The fraction of sp³-hybridized carbons (Fsp3) is 0.200. The summed E-state index contributed by atoms with van der Waals surface area (Å²) in [5.41, 5.74) is 3.41. The van der Waals surface area contributed by atoms with Crippen molar-refractivity contribution in [1.29, 1.82) is 0 Å². The van der Waals surface area contributed by atoms with Crippen molar-refractivity contribution in [1.82, 2.24) is 0 Å². The van der Waals surface area contributed by atoms with Crippen LogP contribution in [0.3, 0.4) is 0 Å². The van der Waals surface area contributed by atoms with Crippen LogP contribution in [-0.2, 0) is 10.0 Å². The van der Waals surface area contributed by atoms with E-state index in [0.29, 0.717) is 10.7 Å². The fourth-order valence-electron chi connectivity index (χ4n) is 4.98. The molecule has 0 unspecified atom stereocenters. The smallest absolute Gasteiger partial charge is 0.261 e. The lowest BCUT2D eigenvalue weighted by Gasteiger charge is -2.38. The number of sulfonamides is 1. The van der Waals surface area contributed by atoms with E-state index in [1.54, 1.807) is 36.4 Å². The van der Waals surface area contributed by atoms with E-state index in [1.165, 1.54) is 0 Å². The molecular weight excluding hydrogens is 540 g/mol. The average Bonchev–Trinajstić information content (AvgIpc) is 3.47. The molecule has 9 heteroatoms. The highest BCUT2D eigenvalue weighted by Gasteiger charge is 2.39. The molecule has 0 bridgehead atoms. The summed E-state index contributed by atoms with van der Waals surface area (Å²) >= 11 is 9.72. The van der Waals surface area contributed by atoms with Gasteiger partial charge < -0.3 is 14.8 Å².